The molecule has 0 spiro atoms. The van der Waals surface area contributed by atoms with E-state index in [1.807, 2.05) is 24.5 Å². The van der Waals surface area contributed by atoms with Crippen LogP contribution in [0.5, 0.6) is 0 Å². The van der Waals surface area contributed by atoms with Crippen molar-refractivity contribution < 1.29 is 4.42 Å². The van der Waals surface area contributed by atoms with E-state index in [1.165, 1.54) is 43.7 Å². The summed E-state index contributed by atoms with van der Waals surface area (Å²) in [6, 6.07) is 49.6. The Morgan fingerprint density at radius 2 is 1.11 bits per heavy atom. The largest absolute Gasteiger partial charge is 0.456 e. The fraction of sp³-hybridized carbons (Fsp3) is 0. The molecule has 0 saturated carbocycles. The molecule has 0 atom stereocenters. The van der Waals surface area contributed by atoms with Crippen LogP contribution in [0.25, 0.3) is 88.1 Å². The van der Waals surface area contributed by atoms with E-state index in [9.17, 15) is 0 Å². The Bertz CT molecular complexity index is 2760. The highest BCUT2D eigenvalue weighted by atomic mass is 16.3. The average Bonchev–Trinajstić information content (AvgIpc) is 3.76. The summed E-state index contributed by atoms with van der Waals surface area (Å²) in [7, 11) is 0. The Hall–Kier alpha value is -6.13. The molecule has 6 aromatic carbocycles. The van der Waals surface area contributed by atoms with Crippen LogP contribution in [0.1, 0.15) is 0 Å². The molecule has 0 fully saturated rings. The van der Waals surface area contributed by atoms with Gasteiger partial charge in [0.1, 0.15) is 11.2 Å². The van der Waals surface area contributed by atoms with Gasteiger partial charge >= 0.3 is 0 Å². The monoisotopic (exact) mass is 575 g/mol. The van der Waals surface area contributed by atoms with Crippen LogP contribution in [0.2, 0.25) is 0 Å². The Balaban J connectivity index is 1.28. The van der Waals surface area contributed by atoms with Gasteiger partial charge in [-0.2, -0.15) is 0 Å². The fourth-order valence-electron chi connectivity index (χ4n) is 7.37. The summed E-state index contributed by atoms with van der Waals surface area (Å²) >= 11 is 0. The van der Waals surface area contributed by atoms with Gasteiger partial charge in [-0.1, -0.05) is 78.9 Å². The summed E-state index contributed by atoms with van der Waals surface area (Å²) in [6.07, 6.45) is 3.85. The van der Waals surface area contributed by atoms with Crippen LogP contribution in [-0.2, 0) is 0 Å². The lowest BCUT2D eigenvalue weighted by molar-refractivity contribution is 0.669. The van der Waals surface area contributed by atoms with Gasteiger partial charge < -0.3 is 13.6 Å². The lowest BCUT2D eigenvalue weighted by Crippen LogP contribution is -1.95. The zero-order valence-electron chi connectivity index (χ0n) is 24.2. The molecule has 0 N–H and O–H groups in total. The summed E-state index contributed by atoms with van der Waals surface area (Å²) < 4.78 is 11.0. The number of para-hydroxylation sites is 3. The first-order valence-electron chi connectivity index (χ1n) is 15.2. The van der Waals surface area contributed by atoms with Crippen LogP contribution in [0.15, 0.2) is 156 Å². The summed E-state index contributed by atoms with van der Waals surface area (Å²) in [6.45, 7) is 0. The molecule has 10 aromatic rings. The molecule has 0 amide bonds. The molecular formula is C41H25N3O. The van der Waals surface area contributed by atoms with Gasteiger partial charge in [0, 0.05) is 49.9 Å². The van der Waals surface area contributed by atoms with Gasteiger partial charge in [-0.3, -0.25) is 4.98 Å². The second-order valence-electron chi connectivity index (χ2n) is 11.6. The van der Waals surface area contributed by atoms with Crippen molar-refractivity contribution in [1.82, 2.24) is 14.1 Å². The topological polar surface area (TPSA) is 35.9 Å². The lowest BCUT2D eigenvalue weighted by atomic mass is 9.95. The first-order chi connectivity index (χ1) is 22.3. The van der Waals surface area contributed by atoms with Crippen LogP contribution in [0.4, 0.5) is 0 Å². The predicted octanol–water partition coefficient (Wildman–Crippen LogP) is 10.8. The molecule has 0 unspecified atom stereocenters. The maximum atomic E-state index is 6.29. The molecule has 0 aliphatic heterocycles. The van der Waals surface area contributed by atoms with Crippen LogP contribution >= 0.6 is 0 Å². The fourth-order valence-corrected chi connectivity index (χ4v) is 7.37. The van der Waals surface area contributed by atoms with Crippen molar-refractivity contribution in [2.45, 2.75) is 0 Å². The minimum atomic E-state index is 0.907. The summed E-state index contributed by atoms with van der Waals surface area (Å²) in [5.41, 5.74) is 11.1. The van der Waals surface area contributed by atoms with Gasteiger partial charge in [0.15, 0.2) is 0 Å². The number of benzene rings is 6. The first kappa shape index (κ1) is 24.3. The smallest absolute Gasteiger partial charge is 0.136 e. The third kappa shape index (κ3) is 3.39. The van der Waals surface area contributed by atoms with Crippen molar-refractivity contribution in [2.75, 3.05) is 0 Å². The summed E-state index contributed by atoms with van der Waals surface area (Å²) in [5, 5.41) is 7.14. The third-order valence-corrected chi connectivity index (χ3v) is 9.22. The molecule has 4 heterocycles. The highest BCUT2D eigenvalue weighted by Gasteiger charge is 2.20. The Morgan fingerprint density at radius 1 is 0.422 bits per heavy atom. The number of rotatable bonds is 3. The zero-order valence-corrected chi connectivity index (χ0v) is 24.2. The number of hydrogen-bond acceptors (Lipinski definition) is 2. The van der Waals surface area contributed by atoms with Crippen molar-refractivity contribution in [3.63, 3.8) is 0 Å². The maximum absolute atomic E-state index is 6.29. The van der Waals surface area contributed by atoms with Crippen LogP contribution in [0, 0.1) is 0 Å². The normalized spacial score (nSPS) is 12.0. The molecule has 10 rings (SSSR count). The molecule has 45 heavy (non-hydrogen) atoms. The predicted molar refractivity (Wildman–Crippen MR) is 186 cm³/mol. The number of pyridine rings is 1. The van der Waals surface area contributed by atoms with E-state index in [1.54, 1.807) is 0 Å². The third-order valence-electron chi connectivity index (χ3n) is 9.22. The molecule has 4 nitrogen and oxygen atoms in total. The number of furan rings is 1. The molecule has 210 valence electrons. The Morgan fingerprint density at radius 3 is 2.02 bits per heavy atom. The van der Waals surface area contributed by atoms with Gasteiger partial charge in [0.2, 0.25) is 0 Å². The summed E-state index contributed by atoms with van der Waals surface area (Å²) in [5.74, 6) is 0. The SMILES string of the molecule is c1ccc(-n2c3ccc(-n4c5ccccc5c5c(-c6cccc7oc8ccccc8c67)cccc54)cc3c3ccncc32)cc1. The van der Waals surface area contributed by atoms with E-state index >= 15 is 0 Å². The number of fused-ring (bicyclic) bond motifs is 9. The van der Waals surface area contributed by atoms with Gasteiger partial charge in [-0.15, -0.1) is 0 Å². The van der Waals surface area contributed by atoms with Gasteiger partial charge in [0.25, 0.3) is 0 Å². The van der Waals surface area contributed by atoms with Crippen molar-refractivity contribution in [3.8, 4) is 22.5 Å². The molecule has 4 aromatic heterocycles. The number of hydrogen-bond donors (Lipinski definition) is 0. The van der Waals surface area contributed by atoms with Gasteiger partial charge in [0.05, 0.1) is 28.3 Å². The van der Waals surface area contributed by atoms with Crippen molar-refractivity contribution in [2.24, 2.45) is 0 Å². The maximum Gasteiger partial charge on any atom is 0.136 e. The zero-order chi connectivity index (χ0) is 29.5. The lowest BCUT2D eigenvalue weighted by Gasteiger charge is -2.11. The minimum Gasteiger partial charge on any atom is -0.456 e. The Kier molecular flexibility index (Phi) is 4.96. The quantitative estimate of drug-likeness (QED) is 0.210. The van der Waals surface area contributed by atoms with Crippen molar-refractivity contribution in [1.29, 1.82) is 0 Å². The van der Waals surface area contributed by atoms with E-state index in [0.29, 0.717) is 0 Å². The van der Waals surface area contributed by atoms with Gasteiger partial charge in [-0.25, -0.2) is 0 Å². The second-order valence-corrected chi connectivity index (χ2v) is 11.6. The molecule has 0 aliphatic rings. The highest BCUT2D eigenvalue weighted by Crippen LogP contribution is 2.43. The van der Waals surface area contributed by atoms with Gasteiger partial charge in [-0.05, 0) is 71.8 Å². The van der Waals surface area contributed by atoms with Crippen molar-refractivity contribution in [3.05, 3.63) is 152 Å². The second kappa shape index (κ2) is 9.18. The summed E-state index contributed by atoms with van der Waals surface area (Å²) in [4.78, 5) is 4.49. The number of aromatic nitrogens is 3. The van der Waals surface area contributed by atoms with E-state index in [0.717, 1.165) is 44.3 Å². The first-order valence-corrected chi connectivity index (χ1v) is 15.2. The minimum absolute atomic E-state index is 0.907. The standard InChI is InChI=1S/C41H25N3O/c1-2-10-26(11-3-1)43-35-21-20-27(24-33(35)28-22-23-42-25-37(28)43)44-34-16-6-4-12-31(34)40-29(14-8-17-36(40)44)30-15-9-19-39-41(30)32-13-5-7-18-38(32)45-39/h1-25H. The molecule has 0 saturated heterocycles. The molecule has 0 aliphatic carbocycles. The average molecular weight is 576 g/mol. The highest BCUT2D eigenvalue weighted by molar-refractivity contribution is 6.21. The molecule has 4 heteroatoms. The van der Waals surface area contributed by atoms with E-state index in [-0.39, 0.29) is 0 Å². The number of nitrogens with zero attached hydrogens (tertiary/aromatic N) is 3. The van der Waals surface area contributed by atoms with Crippen LogP contribution in [0.3, 0.4) is 0 Å². The van der Waals surface area contributed by atoms with E-state index in [4.69, 9.17) is 4.42 Å². The van der Waals surface area contributed by atoms with Crippen LogP contribution < -0.4 is 0 Å². The molecular weight excluding hydrogens is 550 g/mol. The van der Waals surface area contributed by atoms with Crippen LogP contribution in [-0.4, -0.2) is 14.1 Å². The molecule has 0 radical (unpaired) electrons. The van der Waals surface area contributed by atoms with E-state index in [2.05, 4.69) is 142 Å². The van der Waals surface area contributed by atoms with Crippen molar-refractivity contribution >= 4 is 65.6 Å². The van der Waals surface area contributed by atoms with E-state index < -0.39 is 0 Å². The molecule has 0 bridgehead atoms. The Labute approximate surface area is 258 Å².